The maximum absolute atomic E-state index is 12.7. The van der Waals surface area contributed by atoms with Gasteiger partial charge in [-0.2, -0.15) is 13.2 Å². The molecule has 1 aliphatic heterocycles. The summed E-state index contributed by atoms with van der Waals surface area (Å²) in [6, 6.07) is 2.97. The van der Waals surface area contributed by atoms with E-state index >= 15 is 0 Å². The van der Waals surface area contributed by atoms with Crippen molar-refractivity contribution in [3.63, 3.8) is 0 Å². The van der Waals surface area contributed by atoms with Crippen molar-refractivity contribution in [3.8, 4) is 0 Å². The molecule has 10 heteroatoms. The average Bonchev–Trinajstić information content (AvgIpc) is 2.64. The quantitative estimate of drug-likeness (QED) is 0.775. The first kappa shape index (κ1) is 23.7. The van der Waals surface area contributed by atoms with Crippen molar-refractivity contribution in [1.82, 2.24) is 20.4 Å². The topological polar surface area (TPSA) is 81.8 Å². The van der Waals surface area contributed by atoms with E-state index in [-0.39, 0.29) is 11.5 Å². The van der Waals surface area contributed by atoms with E-state index in [0.717, 1.165) is 12.1 Å². The number of nitrogens with zero attached hydrogens (tertiary/aromatic N) is 2. The van der Waals surface area contributed by atoms with Crippen LogP contribution >= 0.6 is 0 Å². The maximum atomic E-state index is 12.7. The third kappa shape index (κ3) is 6.45. The monoisotopic (exact) mass is 428 g/mol. The van der Waals surface area contributed by atoms with Crippen molar-refractivity contribution in [2.24, 2.45) is 0 Å². The molecule has 4 amide bonds. The molecule has 1 heterocycles. The smallest absolute Gasteiger partial charge is 0.336 e. The van der Waals surface area contributed by atoms with Gasteiger partial charge in [-0.1, -0.05) is 0 Å². The molecule has 0 bridgehead atoms. The highest BCUT2D eigenvalue weighted by atomic mass is 19.4. The molecule has 1 aliphatic rings. The van der Waals surface area contributed by atoms with Crippen LogP contribution in [0.1, 0.15) is 43.6 Å². The summed E-state index contributed by atoms with van der Waals surface area (Å²) in [6.45, 7) is 8.53. The van der Waals surface area contributed by atoms with Crippen molar-refractivity contribution < 1.29 is 27.6 Å². The highest BCUT2D eigenvalue weighted by molar-refractivity contribution is 5.97. The van der Waals surface area contributed by atoms with E-state index in [0.29, 0.717) is 26.2 Å². The fourth-order valence-corrected chi connectivity index (χ4v) is 3.05. The van der Waals surface area contributed by atoms with Gasteiger partial charge in [0.15, 0.2) is 0 Å². The van der Waals surface area contributed by atoms with Crippen LogP contribution in [0.15, 0.2) is 24.3 Å². The lowest BCUT2D eigenvalue weighted by molar-refractivity contribution is -0.137. The molecular weight excluding hydrogens is 401 g/mol. The van der Waals surface area contributed by atoms with E-state index in [1.54, 1.807) is 27.7 Å². The fraction of sp³-hybridized carbons (Fsp3) is 0.550. The largest absolute Gasteiger partial charge is 0.416 e. The van der Waals surface area contributed by atoms with Gasteiger partial charge in [-0.15, -0.1) is 0 Å². The first-order chi connectivity index (χ1) is 13.8. The second-order valence-corrected chi connectivity index (χ2v) is 8.27. The van der Waals surface area contributed by atoms with Gasteiger partial charge >= 0.3 is 12.2 Å². The lowest BCUT2D eigenvalue weighted by Crippen LogP contribution is -2.57. The number of piperazine rings is 1. The molecule has 1 aromatic carbocycles. The number of nitrogens with one attached hydrogen (secondary N) is 2. The Hall–Kier alpha value is -2.62. The number of benzene rings is 1. The zero-order valence-electron chi connectivity index (χ0n) is 17.5. The summed E-state index contributed by atoms with van der Waals surface area (Å²) in [5.74, 6) is -0.802. The molecule has 1 atom stereocenters. The Balaban J connectivity index is 1.88. The molecule has 1 fully saturated rings. The number of hydrogen-bond acceptors (Lipinski definition) is 4. The molecule has 0 aliphatic carbocycles. The zero-order chi connectivity index (χ0) is 22.7. The first-order valence-electron chi connectivity index (χ1n) is 9.61. The van der Waals surface area contributed by atoms with Crippen molar-refractivity contribution in [2.45, 2.75) is 45.5 Å². The Morgan fingerprint density at radius 1 is 0.967 bits per heavy atom. The van der Waals surface area contributed by atoms with Crippen LogP contribution in [0, 0.1) is 0 Å². The Kier molecular flexibility index (Phi) is 7.12. The van der Waals surface area contributed by atoms with Gasteiger partial charge in [0.25, 0.3) is 5.91 Å². The summed E-state index contributed by atoms with van der Waals surface area (Å²) < 4.78 is 38.0. The minimum atomic E-state index is -4.45. The van der Waals surface area contributed by atoms with Gasteiger partial charge in [0.1, 0.15) is 0 Å². The Morgan fingerprint density at radius 3 is 1.97 bits per heavy atom. The van der Waals surface area contributed by atoms with Gasteiger partial charge in [0, 0.05) is 37.3 Å². The van der Waals surface area contributed by atoms with Gasteiger partial charge in [-0.05, 0) is 52.0 Å². The number of rotatable bonds is 3. The normalized spacial score (nSPS) is 16.7. The Labute approximate surface area is 173 Å². The SMILES string of the molecule is CC(C(=O)NC(=O)NC(C)(C)C)N1CCN(C(=O)c2ccc(C(F)(F)F)cc2)CC1. The van der Waals surface area contributed by atoms with Crippen LogP contribution in [0.5, 0.6) is 0 Å². The second-order valence-electron chi connectivity index (χ2n) is 8.27. The molecule has 30 heavy (non-hydrogen) atoms. The Morgan fingerprint density at radius 2 is 1.50 bits per heavy atom. The summed E-state index contributed by atoms with van der Waals surface area (Å²) in [5.41, 5.74) is -1.10. The maximum Gasteiger partial charge on any atom is 0.416 e. The van der Waals surface area contributed by atoms with Crippen LogP contribution in [-0.2, 0) is 11.0 Å². The molecule has 0 spiro atoms. The zero-order valence-corrected chi connectivity index (χ0v) is 17.5. The molecule has 7 nitrogen and oxygen atoms in total. The highest BCUT2D eigenvalue weighted by Crippen LogP contribution is 2.29. The number of carbonyl (C=O) groups is 3. The number of halogens is 3. The molecule has 2 N–H and O–H groups in total. The predicted molar refractivity (Wildman–Crippen MR) is 105 cm³/mol. The van der Waals surface area contributed by atoms with Crippen LogP contribution in [0.3, 0.4) is 0 Å². The summed E-state index contributed by atoms with van der Waals surface area (Å²) in [7, 11) is 0. The van der Waals surface area contributed by atoms with Gasteiger partial charge in [-0.25, -0.2) is 4.79 Å². The lowest BCUT2D eigenvalue weighted by Gasteiger charge is -2.37. The number of carbonyl (C=O) groups excluding carboxylic acids is 3. The van der Waals surface area contributed by atoms with Gasteiger partial charge in [0.05, 0.1) is 11.6 Å². The third-order valence-electron chi connectivity index (χ3n) is 4.71. The molecule has 1 aromatic rings. The second kappa shape index (κ2) is 9.03. The lowest BCUT2D eigenvalue weighted by atomic mass is 10.1. The third-order valence-corrected chi connectivity index (χ3v) is 4.71. The first-order valence-corrected chi connectivity index (χ1v) is 9.61. The van der Waals surface area contributed by atoms with Crippen LogP contribution < -0.4 is 10.6 Å². The minimum absolute atomic E-state index is 0.182. The van der Waals surface area contributed by atoms with Gasteiger partial charge in [-0.3, -0.25) is 19.8 Å². The van der Waals surface area contributed by atoms with E-state index < -0.39 is 35.3 Å². The minimum Gasteiger partial charge on any atom is -0.336 e. The fourth-order valence-electron chi connectivity index (χ4n) is 3.05. The molecule has 166 valence electrons. The van der Waals surface area contributed by atoms with Gasteiger partial charge < -0.3 is 10.2 Å². The molecule has 1 saturated heterocycles. The summed E-state index contributed by atoms with van der Waals surface area (Å²) in [5, 5.41) is 4.96. The Bertz CT molecular complexity index is 780. The van der Waals surface area contributed by atoms with E-state index in [2.05, 4.69) is 10.6 Å². The predicted octanol–water partition coefficient (Wildman–Crippen LogP) is 2.48. The molecule has 2 rings (SSSR count). The number of alkyl halides is 3. The standard InChI is InChI=1S/C20H27F3N4O3/c1-13(16(28)24-18(30)25-19(2,3)4)26-9-11-27(12-10-26)17(29)14-5-7-15(8-6-14)20(21,22)23/h5-8,13H,9-12H2,1-4H3,(H2,24,25,28,30). The van der Waals surface area contributed by atoms with E-state index in [1.165, 1.54) is 17.0 Å². The number of urea groups is 1. The summed E-state index contributed by atoms with van der Waals surface area (Å²) in [4.78, 5) is 40.1. The van der Waals surface area contributed by atoms with Crippen molar-refractivity contribution in [2.75, 3.05) is 26.2 Å². The molecular formula is C20H27F3N4O3. The summed E-state index contributed by atoms with van der Waals surface area (Å²) >= 11 is 0. The van der Waals surface area contributed by atoms with Crippen LogP contribution in [0.4, 0.5) is 18.0 Å². The average molecular weight is 428 g/mol. The number of imide groups is 1. The van der Waals surface area contributed by atoms with E-state index in [1.807, 2.05) is 4.90 Å². The van der Waals surface area contributed by atoms with Crippen LogP contribution in [-0.4, -0.2) is 65.4 Å². The molecule has 1 unspecified atom stereocenters. The molecule has 0 saturated carbocycles. The van der Waals surface area contributed by atoms with Crippen molar-refractivity contribution in [1.29, 1.82) is 0 Å². The molecule has 0 aromatic heterocycles. The highest BCUT2D eigenvalue weighted by Gasteiger charge is 2.32. The van der Waals surface area contributed by atoms with E-state index in [9.17, 15) is 27.6 Å². The van der Waals surface area contributed by atoms with Crippen molar-refractivity contribution >= 4 is 17.8 Å². The summed E-state index contributed by atoms with van der Waals surface area (Å²) in [6.07, 6.45) is -4.45. The molecule has 0 radical (unpaired) electrons. The van der Waals surface area contributed by atoms with Crippen LogP contribution in [0.2, 0.25) is 0 Å². The van der Waals surface area contributed by atoms with E-state index in [4.69, 9.17) is 0 Å². The number of hydrogen-bond donors (Lipinski definition) is 2. The van der Waals surface area contributed by atoms with Gasteiger partial charge in [0.2, 0.25) is 5.91 Å². The number of amides is 4. The van der Waals surface area contributed by atoms with Crippen molar-refractivity contribution in [3.05, 3.63) is 35.4 Å². The van der Waals surface area contributed by atoms with Crippen LogP contribution in [0.25, 0.3) is 0 Å².